The standard InChI is InChI=1S/C19H22N2OS/c1-14-13-17(23-16-5-3-2-4-6-16)7-8-18(14)21-19(22)15-9-11-20-12-10-15/h2-8,13,15,20H,9-12H2,1H3,(H,21,22). The zero-order valence-electron chi connectivity index (χ0n) is 13.3. The van der Waals surface area contributed by atoms with E-state index in [9.17, 15) is 4.79 Å². The van der Waals surface area contributed by atoms with Crippen LogP contribution in [0.3, 0.4) is 0 Å². The largest absolute Gasteiger partial charge is 0.326 e. The van der Waals surface area contributed by atoms with Crippen LogP contribution in [-0.2, 0) is 4.79 Å². The van der Waals surface area contributed by atoms with E-state index < -0.39 is 0 Å². The molecule has 3 rings (SSSR count). The summed E-state index contributed by atoms with van der Waals surface area (Å²) >= 11 is 1.74. The van der Waals surface area contributed by atoms with Crippen LogP contribution in [0.2, 0.25) is 0 Å². The molecular weight excluding hydrogens is 304 g/mol. The lowest BCUT2D eigenvalue weighted by Gasteiger charge is -2.22. The fraction of sp³-hybridized carbons (Fsp3) is 0.316. The van der Waals surface area contributed by atoms with Crippen LogP contribution in [-0.4, -0.2) is 19.0 Å². The van der Waals surface area contributed by atoms with Crippen molar-refractivity contribution in [3.63, 3.8) is 0 Å². The lowest BCUT2D eigenvalue weighted by Crippen LogP contribution is -2.34. The third kappa shape index (κ3) is 4.36. The third-order valence-corrected chi connectivity index (χ3v) is 5.14. The molecule has 2 aromatic carbocycles. The van der Waals surface area contributed by atoms with Gasteiger partial charge in [-0.3, -0.25) is 4.79 Å². The molecule has 0 atom stereocenters. The molecule has 0 aromatic heterocycles. The van der Waals surface area contributed by atoms with Crippen LogP contribution in [0.1, 0.15) is 18.4 Å². The van der Waals surface area contributed by atoms with Crippen molar-refractivity contribution in [1.29, 1.82) is 0 Å². The van der Waals surface area contributed by atoms with Crippen LogP contribution in [0, 0.1) is 12.8 Å². The average Bonchev–Trinajstić information content (AvgIpc) is 2.59. The van der Waals surface area contributed by atoms with Crippen LogP contribution in [0.15, 0.2) is 58.3 Å². The first-order valence-electron chi connectivity index (χ1n) is 8.07. The number of amides is 1. The lowest BCUT2D eigenvalue weighted by atomic mass is 9.97. The second kappa shape index (κ2) is 7.66. The van der Waals surface area contributed by atoms with Gasteiger partial charge >= 0.3 is 0 Å². The lowest BCUT2D eigenvalue weighted by molar-refractivity contribution is -0.120. The summed E-state index contributed by atoms with van der Waals surface area (Å²) in [5.41, 5.74) is 2.03. The highest BCUT2D eigenvalue weighted by Gasteiger charge is 2.21. The highest BCUT2D eigenvalue weighted by atomic mass is 32.2. The number of piperidine rings is 1. The Labute approximate surface area is 141 Å². The molecule has 3 nitrogen and oxygen atoms in total. The molecule has 120 valence electrons. The van der Waals surface area contributed by atoms with Crippen molar-refractivity contribution in [1.82, 2.24) is 5.32 Å². The van der Waals surface area contributed by atoms with Crippen LogP contribution < -0.4 is 10.6 Å². The Morgan fingerprint density at radius 3 is 2.52 bits per heavy atom. The predicted octanol–water partition coefficient (Wildman–Crippen LogP) is 4.08. The monoisotopic (exact) mass is 326 g/mol. The number of hydrogen-bond donors (Lipinski definition) is 2. The smallest absolute Gasteiger partial charge is 0.227 e. The van der Waals surface area contributed by atoms with Gasteiger partial charge in [-0.25, -0.2) is 0 Å². The average molecular weight is 326 g/mol. The van der Waals surface area contributed by atoms with E-state index in [2.05, 4.69) is 34.9 Å². The molecule has 2 N–H and O–H groups in total. The van der Waals surface area contributed by atoms with Gasteiger partial charge < -0.3 is 10.6 Å². The maximum atomic E-state index is 12.4. The molecule has 1 heterocycles. The molecule has 0 unspecified atom stereocenters. The molecule has 2 aromatic rings. The number of aryl methyl sites for hydroxylation is 1. The Morgan fingerprint density at radius 1 is 1.09 bits per heavy atom. The molecule has 1 saturated heterocycles. The van der Waals surface area contributed by atoms with Crippen molar-refractivity contribution in [2.24, 2.45) is 5.92 Å². The summed E-state index contributed by atoms with van der Waals surface area (Å²) in [6.07, 6.45) is 1.85. The molecule has 0 spiro atoms. The number of carbonyl (C=O) groups excluding carboxylic acids is 1. The fourth-order valence-corrected chi connectivity index (χ4v) is 3.72. The van der Waals surface area contributed by atoms with Crippen molar-refractivity contribution in [2.75, 3.05) is 18.4 Å². The second-order valence-electron chi connectivity index (χ2n) is 5.91. The maximum Gasteiger partial charge on any atom is 0.227 e. The topological polar surface area (TPSA) is 41.1 Å². The molecule has 1 fully saturated rings. The minimum atomic E-state index is 0.133. The van der Waals surface area contributed by atoms with Crippen molar-refractivity contribution >= 4 is 23.4 Å². The highest BCUT2D eigenvalue weighted by molar-refractivity contribution is 7.99. The Balaban J connectivity index is 1.66. The van der Waals surface area contributed by atoms with Gasteiger partial charge in [-0.15, -0.1) is 0 Å². The first-order valence-corrected chi connectivity index (χ1v) is 8.89. The number of nitrogens with one attached hydrogen (secondary N) is 2. The van der Waals surface area contributed by atoms with E-state index in [0.717, 1.165) is 37.2 Å². The Kier molecular flexibility index (Phi) is 5.36. The Hall–Kier alpha value is -1.78. The number of anilines is 1. The molecular formula is C19H22N2OS. The van der Waals surface area contributed by atoms with E-state index in [-0.39, 0.29) is 11.8 Å². The summed E-state index contributed by atoms with van der Waals surface area (Å²) < 4.78 is 0. The predicted molar refractivity (Wildman–Crippen MR) is 96.0 cm³/mol. The summed E-state index contributed by atoms with van der Waals surface area (Å²) in [6, 6.07) is 16.5. The van der Waals surface area contributed by atoms with Crippen molar-refractivity contribution in [3.05, 3.63) is 54.1 Å². The number of hydrogen-bond acceptors (Lipinski definition) is 3. The van der Waals surface area contributed by atoms with E-state index in [1.807, 2.05) is 31.2 Å². The van der Waals surface area contributed by atoms with Crippen LogP contribution in [0.25, 0.3) is 0 Å². The summed E-state index contributed by atoms with van der Waals surface area (Å²) in [7, 11) is 0. The molecule has 1 aliphatic rings. The van der Waals surface area contributed by atoms with Crippen molar-refractivity contribution < 1.29 is 4.79 Å². The molecule has 1 amide bonds. The van der Waals surface area contributed by atoms with Gasteiger partial charge in [-0.2, -0.15) is 0 Å². The highest BCUT2D eigenvalue weighted by Crippen LogP contribution is 2.30. The van der Waals surface area contributed by atoms with Crippen molar-refractivity contribution in [2.45, 2.75) is 29.6 Å². The van der Waals surface area contributed by atoms with E-state index in [4.69, 9.17) is 0 Å². The molecule has 0 bridgehead atoms. The van der Waals surface area contributed by atoms with Gasteiger partial charge in [0.05, 0.1) is 0 Å². The van der Waals surface area contributed by atoms with E-state index in [1.54, 1.807) is 11.8 Å². The molecule has 4 heteroatoms. The zero-order chi connectivity index (χ0) is 16.1. The summed E-state index contributed by atoms with van der Waals surface area (Å²) in [5, 5.41) is 6.39. The van der Waals surface area contributed by atoms with Crippen molar-refractivity contribution in [3.8, 4) is 0 Å². The second-order valence-corrected chi connectivity index (χ2v) is 7.05. The molecule has 1 aliphatic heterocycles. The summed E-state index contributed by atoms with van der Waals surface area (Å²) in [5.74, 6) is 0.284. The fourth-order valence-electron chi connectivity index (χ4n) is 2.78. The first-order chi connectivity index (χ1) is 11.2. The van der Waals surface area contributed by atoms with Gasteiger partial charge in [0.2, 0.25) is 5.91 Å². The van der Waals surface area contributed by atoms with E-state index in [0.29, 0.717) is 0 Å². The molecule has 23 heavy (non-hydrogen) atoms. The summed E-state index contributed by atoms with van der Waals surface area (Å²) in [6.45, 7) is 3.92. The Bertz CT molecular complexity index is 666. The Morgan fingerprint density at radius 2 is 1.83 bits per heavy atom. The first kappa shape index (κ1) is 16.1. The van der Waals surface area contributed by atoms with Gasteiger partial charge in [0.1, 0.15) is 0 Å². The zero-order valence-corrected chi connectivity index (χ0v) is 14.2. The van der Waals surface area contributed by atoms with Crippen LogP contribution in [0.5, 0.6) is 0 Å². The number of rotatable bonds is 4. The van der Waals surface area contributed by atoms with Gasteiger partial charge in [0.25, 0.3) is 0 Å². The van der Waals surface area contributed by atoms with Gasteiger partial charge in [0, 0.05) is 21.4 Å². The van der Waals surface area contributed by atoms with Gasteiger partial charge in [-0.1, -0.05) is 30.0 Å². The molecule has 0 aliphatic carbocycles. The molecule has 0 radical (unpaired) electrons. The number of carbonyl (C=O) groups is 1. The summed E-state index contributed by atoms with van der Waals surface area (Å²) in [4.78, 5) is 14.8. The molecule has 0 saturated carbocycles. The van der Waals surface area contributed by atoms with Gasteiger partial charge in [0.15, 0.2) is 0 Å². The van der Waals surface area contributed by atoms with Crippen LogP contribution in [0.4, 0.5) is 5.69 Å². The van der Waals surface area contributed by atoms with E-state index in [1.165, 1.54) is 9.79 Å². The maximum absolute atomic E-state index is 12.4. The minimum Gasteiger partial charge on any atom is -0.326 e. The minimum absolute atomic E-state index is 0.133. The quantitative estimate of drug-likeness (QED) is 0.889. The van der Waals surface area contributed by atoms with Gasteiger partial charge in [-0.05, 0) is 68.8 Å². The van der Waals surface area contributed by atoms with Crippen LogP contribution >= 0.6 is 11.8 Å². The normalized spacial score (nSPS) is 15.3. The SMILES string of the molecule is Cc1cc(Sc2ccccc2)ccc1NC(=O)C1CCNCC1. The van der Waals surface area contributed by atoms with E-state index >= 15 is 0 Å². The third-order valence-electron chi connectivity index (χ3n) is 4.14. The number of benzene rings is 2.